The molecule has 0 radical (unpaired) electrons. The molecule has 106 valence electrons. The summed E-state index contributed by atoms with van der Waals surface area (Å²) in [6.45, 7) is 7.71. The van der Waals surface area contributed by atoms with E-state index in [0.717, 1.165) is 0 Å². The van der Waals surface area contributed by atoms with E-state index in [1.807, 2.05) is 13.8 Å². The minimum atomic E-state index is -0.172. The van der Waals surface area contributed by atoms with Gasteiger partial charge in [0.25, 0.3) is 5.91 Å². The maximum Gasteiger partial charge on any atom is 0.270 e. The van der Waals surface area contributed by atoms with E-state index in [9.17, 15) is 4.79 Å². The second-order valence-electron chi connectivity index (χ2n) is 4.71. The molecule has 0 aliphatic heterocycles. The van der Waals surface area contributed by atoms with Crippen LogP contribution < -0.4 is 10.6 Å². The fraction of sp³-hybridized carbons (Fsp3) is 0.615. The molecule has 0 saturated carbocycles. The summed E-state index contributed by atoms with van der Waals surface area (Å²) in [6, 6.07) is 1.65. The van der Waals surface area contributed by atoms with Gasteiger partial charge in [-0.15, -0.1) is 0 Å². The van der Waals surface area contributed by atoms with Gasteiger partial charge in [-0.05, 0) is 12.8 Å². The molecule has 0 aliphatic carbocycles. The fourth-order valence-electron chi connectivity index (χ4n) is 1.44. The molecule has 1 rings (SSSR count). The molecule has 0 aliphatic rings. The summed E-state index contributed by atoms with van der Waals surface area (Å²) in [5.41, 5.74) is 0.382. The standard InChI is InChI=1S/C13H22N4O2/c1-9(2)8-15-13(18)11-7-12(14-5-6-19-4)17-10(3)16-11/h7,9H,5-6,8H2,1-4H3,(H,15,18)(H,14,16,17). The Morgan fingerprint density at radius 3 is 2.79 bits per heavy atom. The molecule has 0 fully saturated rings. The fourth-order valence-corrected chi connectivity index (χ4v) is 1.44. The number of aromatic nitrogens is 2. The number of nitrogens with zero attached hydrogens (tertiary/aromatic N) is 2. The third-order valence-electron chi connectivity index (χ3n) is 2.35. The van der Waals surface area contributed by atoms with Gasteiger partial charge in [0, 0.05) is 26.3 Å². The number of anilines is 1. The van der Waals surface area contributed by atoms with Gasteiger partial charge in [0.15, 0.2) is 0 Å². The lowest BCUT2D eigenvalue weighted by Gasteiger charge is -2.10. The third-order valence-corrected chi connectivity index (χ3v) is 2.35. The van der Waals surface area contributed by atoms with E-state index in [2.05, 4.69) is 20.6 Å². The van der Waals surface area contributed by atoms with E-state index < -0.39 is 0 Å². The first kappa shape index (κ1) is 15.4. The molecule has 0 bridgehead atoms. The Kier molecular flexibility index (Phi) is 6.21. The van der Waals surface area contributed by atoms with E-state index in [0.29, 0.717) is 43.0 Å². The van der Waals surface area contributed by atoms with Crippen molar-refractivity contribution in [3.8, 4) is 0 Å². The zero-order chi connectivity index (χ0) is 14.3. The Morgan fingerprint density at radius 1 is 1.42 bits per heavy atom. The summed E-state index contributed by atoms with van der Waals surface area (Å²) in [5, 5.41) is 5.93. The Bertz CT molecular complexity index is 421. The maximum atomic E-state index is 11.9. The Balaban J connectivity index is 2.69. The molecular formula is C13H22N4O2. The van der Waals surface area contributed by atoms with Crippen LogP contribution in [-0.2, 0) is 4.74 Å². The van der Waals surface area contributed by atoms with Crippen LogP contribution in [0.4, 0.5) is 5.82 Å². The number of amides is 1. The third kappa shape index (κ3) is 5.65. The number of ether oxygens (including phenoxy) is 1. The lowest BCUT2D eigenvalue weighted by atomic mass is 10.2. The van der Waals surface area contributed by atoms with Crippen LogP contribution in [0.3, 0.4) is 0 Å². The molecule has 1 aromatic rings. The Labute approximate surface area is 114 Å². The molecular weight excluding hydrogens is 244 g/mol. The second-order valence-corrected chi connectivity index (χ2v) is 4.71. The van der Waals surface area contributed by atoms with Crippen LogP contribution in [0.15, 0.2) is 6.07 Å². The van der Waals surface area contributed by atoms with Gasteiger partial charge in [-0.2, -0.15) is 0 Å². The molecule has 0 spiro atoms. The molecule has 0 saturated heterocycles. The molecule has 1 heterocycles. The van der Waals surface area contributed by atoms with Gasteiger partial charge in [0.2, 0.25) is 0 Å². The second kappa shape index (κ2) is 7.68. The number of rotatable bonds is 7. The van der Waals surface area contributed by atoms with Crippen LogP contribution in [-0.4, -0.2) is 42.7 Å². The minimum absolute atomic E-state index is 0.172. The maximum absolute atomic E-state index is 11.9. The van der Waals surface area contributed by atoms with Crippen molar-refractivity contribution in [2.75, 3.05) is 32.1 Å². The molecule has 19 heavy (non-hydrogen) atoms. The normalized spacial score (nSPS) is 10.6. The number of methoxy groups -OCH3 is 1. The van der Waals surface area contributed by atoms with Crippen molar-refractivity contribution in [2.24, 2.45) is 5.92 Å². The first-order valence-electron chi connectivity index (χ1n) is 6.39. The lowest BCUT2D eigenvalue weighted by molar-refractivity contribution is 0.0943. The smallest absolute Gasteiger partial charge is 0.270 e. The van der Waals surface area contributed by atoms with E-state index >= 15 is 0 Å². The van der Waals surface area contributed by atoms with Crippen molar-refractivity contribution < 1.29 is 9.53 Å². The highest BCUT2D eigenvalue weighted by Crippen LogP contribution is 2.06. The molecule has 6 nitrogen and oxygen atoms in total. The highest BCUT2D eigenvalue weighted by Gasteiger charge is 2.10. The van der Waals surface area contributed by atoms with Crippen molar-refractivity contribution in [3.05, 3.63) is 17.6 Å². The SMILES string of the molecule is COCCNc1cc(C(=O)NCC(C)C)nc(C)n1. The van der Waals surface area contributed by atoms with Crippen LogP contribution in [0.5, 0.6) is 0 Å². The van der Waals surface area contributed by atoms with Crippen molar-refractivity contribution in [1.82, 2.24) is 15.3 Å². The summed E-state index contributed by atoms with van der Waals surface area (Å²) in [6.07, 6.45) is 0. The first-order chi connectivity index (χ1) is 9.02. The molecule has 6 heteroatoms. The van der Waals surface area contributed by atoms with Crippen LogP contribution >= 0.6 is 0 Å². The van der Waals surface area contributed by atoms with Gasteiger partial charge in [0.1, 0.15) is 17.3 Å². The van der Waals surface area contributed by atoms with Crippen LogP contribution in [0.1, 0.15) is 30.2 Å². The first-order valence-corrected chi connectivity index (χ1v) is 6.39. The summed E-state index contributed by atoms with van der Waals surface area (Å²) in [4.78, 5) is 20.3. The van der Waals surface area contributed by atoms with Crippen molar-refractivity contribution >= 4 is 11.7 Å². The number of carbonyl (C=O) groups excluding carboxylic acids is 1. The zero-order valence-corrected chi connectivity index (χ0v) is 12.0. The van der Waals surface area contributed by atoms with Crippen molar-refractivity contribution in [1.29, 1.82) is 0 Å². The minimum Gasteiger partial charge on any atom is -0.383 e. The highest BCUT2D eigenvalue weighted by molar-refractivity contribution is 5.92. The number of hydrogen-bond donors (Lipinski definition) is 2. The van der Waals surface area contributed by atoms with Gasteiger partial charge >= 0.3 is 0 Å². The lowest BCUT2D eigenvalue weighted by Crippen LogP contribution is -2.28. The van der Waals surface area contributed by atoms with Crippen LogP contribution in [0.25, 0.3) is 0 Å². The van der Waals surface area contributed by atoms with E-state index in [-0.39, 0.29) is 5.91 Å². The predicted octanol–water partition coefficient (Wildman–Crippen LogP) is 1.23. The number of nitrogens with one attached hydrogen (secondary N) is 2. The van der Waals surface area contributed by atoms with Crippen molar-refractivity contribution in [3.63, 3.8) is 0 Å². The summed E-state index contributed by atoms with van der Waals surface area (Å²) in [5.74, 6) is 1.44. The zero-order valence-electron chi connectivity index (χ0n) is 12.0. The Hall–Kier alpha value is -1.69. The molecule has 2 N–H and O–H groups in total. The summed E-state index contributed by atoms with van der Waals surface area (Å²) in [7, 11) is 1.64. The molecule has 0 atom stereocenters. The van der Waals surface area contributed by atoms with Crippen LogP contribution in [0.2, 0.25) is 0 Å². The number of hydrogen-bond acceptors (Lipinski definition) is 5. The highest BCUT2D eigenvalue weighted by atomic mass is 16.5. The molecule has 1 amide bonds. The van der Waals surface area contributed by atoms with Gasteiger partial charge < -0.3 is 15.4 Å². The predicted molar refractivity (Wildman–Crippen MR) is 74.3 cm³/mol. The van der Waals surface area contributed by atoms with Crippen LogP contribution in [0, 0.1) is 12.8 Å². The average Bonchev–Trinajstić information content (AvgIpc) is 2.35. The molecule has 0 unspecified atom stereocenters. The summed E-state index contributed by atoms with van der Waals surface area (Å²) >= 11 is 0. The van der Waals surface area contributed by atoms with Crippen molar-refractivity contribution in [2.45, 2.75) is 20.8 Å². The van der Waals surface area contributed by atoms with Gasteiger partial charge in [0.05, 0.1) is 6.61 Å². The van der Waals surface area contributed by atoms with E-state index in [1.165, 1.54) is 0 Å². The Morgan fingerprint density at radius 2 is 2.16 bits per heavy atom. The monoisotopic (exact) mass is 266 g/mol. The largest absolute Gasteiger partial charge is 0.383 e. The van der Waals surface area contributed by atoms with E-state index in [1.54, 1.807) is 20.1 Å². The quantitative estimate of drug-likeness (QED) is 0.726. The topological polar surface area (TPSA) is 76.1 Å². The summed E-state index contributed by atoms with van der Waals surface area (Å²) < 4.78 is 4.95. The van der Waals surface area contributed by atoms with Gasteiger partial charge in [-0.3, -0.25) is 4.79 Å². The molecule has 0 aromatic carbocycles. The average molecular weight is 266 g/mol. The number of carbonyl (C=O) groups is 1. The van der Waals surface area contributed by atoms with E-state index in [4.69, 9.17) is 4.74 Å². The molecule has 1 aromatic heterocycles. The van der Waals surface area contributed by atoms with Gasteiger partial charge in [-0.1, -0.05) is 13.8 Å². The van der Waals surface area contributed by atoms with Gasteiger partial charge in [-0.25, -0.2) is 9.97 Å². The number of aryl methyl sites for hydroxylation is 1.